The molecular formula is C23H26ClN3O3S. The van der Waals surface area contributed by atoms with E-state index in [2.05, 4.69) is 9.88 Å². The Morgan fingerprint density at radius 1 is 1.26 bits per heavy atom. The standard InChI is InChI=1S/C23H26ClN3O3S/c1-17-5-2-3-6-20(17)30-16-22(28)27(10-4-9-26-11-13-29-14-12-26)23-25-19-8-7-18(24)15-21(19)31-23/h2-3,5-8,15H,4,9-14,16H2,1H3. The van der Waals surface area contributed by atoms with Crippen LogP contribution in [0.2, 0.25) is 5.02 Å². The molecule has 0 saturated carbocycles. The maximum absolute atomic E-state index is 13.2. The SMILES string of the molecule is Cc1ccccc1OCC(=O)N(CCCN1CCOCC1)c1nc2ccc(Cl)cc2s1. The van der Waals surface area contributed by atoms with Gasteiger partial charge >= 0.3 is 0 Å². The average molecular weight is 460 g/mol. The molecule has 164 valence electrons. The first-order valence-electron chi connectivity index (χ1n) is 10.4. The summed E-state index contributed by atoms with van der Waals surface area (Å²) in [7, 11) is 0. The zero-order valence-electron chi connectivity index (χ0n) is 17.6. The Morgan fingerprint density at radius 2 is 2.06 bits per heavy atom. The summed E-state index contributed by atoms with van der Waals surface area (Å²) in [5, 5.41) is 1.34. The van der Waals surface area contributed by atoms with Gasteiger partial charge in [0.1, 0.15) is 5.75 Å². The van der Waals surface area contributed by atoms with Crippen molar-refractivity contribution in [2.45, 2.75) is 13.3 Å². The van der Waals surface area contributed by atoms with Gasteiger partial charge in [-0.25, -0.2) is 4.98 Å². The number of carbonyl (C=O) groups excluding carboxylic acids is 1. The van der Waals surface area contributed by atoms with Gasteiger partial charge in [0.15, 0.2) is 11.7 Å². The third-order valence-corrected chi connectivity index (χ3v) is 6.55. The van der Waals surface area contributed by atoms with E-state index >= 15 is 0 Å². The van der Waals surface area contributed by atoms with Gasteiger partial charge in [-0.2, -0.15) is 0 Å². The van der Waals surface area contributed by atoms with E-state index in [9.17, 15) is 4.79 Å². The van der Waals surface area contributed by atoms with Gasteiger partial charge in [-0.05, 0) is 43.2 Å². The van der Waals surface area contributed by atoms with Crippen molar-refractivity contribution in [1.82, 2.24) is 9.88 Å². The Balaban J connectivity index is 1.47. The van der Waals surface area contributed by atoms with Crippen molar-refractivity contribution in [3.05, 3.63) is 53.1 Å². The molecule has 6 nitrogen and oxygen atoms in total. The summed E-state index contributed by atoms with van der Waals surface area (Å²) in [5.74, 6) is 0.621. The summed E-state index contributed by atoms with van der Waals surface area (Å²) in [6.07, 6.45) is 0.854. The Kier molecular flexibility index (Phi) is 7.40. The molecule has 0 spiro atoms. The molecule has 31 heavy (non-hydrogen) atoms. The molecule has 0 atom stereocenters. The highest BCUT2D eigenvalue weighted by molar-refractivity contribution is 7.22. The van der Waals surface area contributed by atoms with Crippen LogP contribution in [0.4, 0.5) is 5.13 Å². The summed E-state index contributed by atoms with van der Waals surface area (Å²) in [5.41, 5.74) is 1.85. The summed E-state index contributed by atoms with van der Waals surface area (Å²) in [4.78, 5) is 22.0. The molecular weight excluding hydrogens is 434 g/mol. The number of hydrogen-bond donors (Lipinski definition) is 0. The second-order valence-electron chi connectivity index (χ2n) is 7.52. The summed E-state index contributed by atoms with van der Waals surface area (Å²) < 4.78 is 12.2. The largest absolute Gasteiger partial charge is 0.483 e. The first-order valence-corrected chi connectivity index (χ1v) is 11.6. The minimum absolute atomic E-state index is 0.0287. The first-order chi connectivity index (χ1) is 15.1. The number of aromatic nitrogens is 1. The zero-order chi connectivity index (χ0) is 21.6. The van der Waals surface area contributed by atoms with Crippen LogP contribution in [0.5, 0.6) is 5.75 Å². The molecule has 1 aliphatic rings. The minimum Gasteiger partial charge on any atom is -0.483 e. The van der Waals surface area contributed by atoms with Crippen LogP contribution >= 0.6 is 22.9 Å². The highest BCUT2D eigenvalue weighted by Crippen LogP contribution is 2.31. The number of rotatable bonds is 8. The van der Waals surface area contributed by atoms with Crippen molar-refractivity contribution in [1.29, 1.82) is 0 Å². The van der Waals surface area contributed by atoms with E-state index in [1.165, 1.54) is 11.3 Å². The number of morpholine rings is 1. The van der Waals surface area contributed by atoms with Crippen LogP contribution in [0, 0.1) is 6.92 Å². The van der Waals surface area contributed by atoms with Crippen LogP contribution in [-0.2, 0) is 9.53 Å². The number of halogens is 1. The molecule has 1 saturated heterocycles. The quantitative estimate of drug-likeness (QED) is 0.500. The fourth-order valence-corrected chi connectivity index (χ4v) is 4.83. The van der Waals surface area contributed by atoms with Gasteiger partial charge in [-0.3, -0.25) is 14.6 Å². The van der Waals surface area contributed by atoms with Crippen LogP contribution in [-0.4, -0.2) is 61.8 Å². The maximum Gasteiger partial charge on any atom is 0.266 e. The molecule has 0 N–H and O–H groups in total. The minimum atomic E-state index is -0.101. The van der Waals surface area contributed by atoms with Crippen LogP contribution in [0.25, 0.3) is 10.2 Å². The molecule has 0 unspecified atom stereocenters. The number of ether oxygens (including phenoxy) is 2. The van der Waals surface area contributed by atoms with Crippen molar-refractivity contribution in [3.8, 4) is 5.75 Å². The van der Waals surface area contributed by atoms with E-state index < -0.39 is 0 Å². The van der Waals surface area contributed by atoms with E-state index in [0.29, 0.717) is 16.7 Å². The number of nitrogens with zero attached hydrogens (tertiary/aromatic N) is 3. The number of amides is 1. The van der Waals surface area contributed by atoms with Crippen molar-refractivity contribution >= 4 is 44.2 Å². The maximum atomic E-state index is 13.2. The van der Waals surface area contributed by atoms with Crippen LogP contribution in [0.3, 0.4) is 0 Å². The molecule has 1 amide bonds. The van der Waals surface area contributed by atoms with E-state index in [1.54, 1.807) is 4.90 Å². The van der Waals surface area contributed by atoms with Crippen LogP contribution in [0.1, 0.15) is 12.0 Å². The number of hydrogen-bond acceptors (Lipinski definition) is 6. The number of para-hydroxylation sites is 1. The smallest absolute Gasteiger partial charge is 0.266 e. The molecule has 0 aliphatic carbocycles. The molecule has 0 radical (unpaired) electrons. The normalized spacial score (nSPS) is 14.6. The Hall–Kier alpha value is -2.19. The highest BCUT2D eigenvalue weighted by Gasteiger charge is 2.21. The molecule has 8 heteroatoms. The molecule has 1 aromatic heterocycles. The topological polar surface area (TPSA) is 54.9 Å². The Labute approximate surface area is 191 Å². The Morgan fingerprint density at radius 3 is 2.87 bits per heavy atom. The average Bonchev–Trinajstić information content (AvgIpc) is 3.19. The molecule has 1 fully saturated rings. The van der Waals surface area contributed by atoms with Gasteiger partial charge in [0.05, 0.1) is 23.4 Å². The Bertz CT molecular complexity index is 1040. The lowest BCUT2D eigenvalue weighted by atomic mass is 10.2. The molecule has 0 bridgehead atoms. The number of thiazole rings is 1. The monoisotopic (exact) mass is 459 g/mol. The highest BCUT2D eigenvalue weighted by atomic mass is 35.5. The number of fused-ring (bicyclic) bond motifs is 1. The van der Waals surface area contributed by atoms with E-state index in [-0.39, 0.29) is 12.5 Å². The van der Waals surface area contributed by atoms with Crippen molar-refractivity contribution in [2.75, 3.05) is 50.9 Å². The number of benzene rings is 2. The van der Waals surface area contributed by atoms with Gasteiger partial charge < -0.3 is 9.47 Å². The van der Waals surface area contributed by atoms with Gasteiger partial charge in [-0.1, -0.05) is 41.1 Å². The molecule has 2 aromatic carbocycles. The molecule has 3 aromatic rings. The van der Waals surface area contributed by atoms with Gasteiger partial charge in [0, 0.05) is 31.2 Å². The molecule has 4 rings (SSSR count). The first kappa shape index (κ1) is 22.0. The fourth-order valence-electron chi connectivity index (χ4n) is 3.54. The van der Waals surface area contributed by atoms with Crippen molar-refractivity contribution in [2.24, 2.45) is 0 Å². The zero-order valence-corrected chi connectivity index (χ0v) is 19.1. The van der Waals surface area contributed by atoms with E-state index in [1.807, 2.05) is 49.4 Å². The second kappa shape index (κ2) is 10.4. The van der Waals surface area contributed by atoms with Crippen molar-refractivity contribution in [3.63, 3.8) is 0 Å². The van der Waals surface area contributed by atoms with Gasteiger partial charge in [-0.15, -0.1) is 0 Å². The lowest BCUT2D eigenvalue weighted by Gasteiger charge is -2.27. The summed E-state index contributed by atoms with van der Waals surface area (Å²) >= 11 is 7.61. The molecule has 1 aliphatic heterocycles. The van der Waals surface area contributed by atoms with Crippen LogP contribution in [0.15, 0.2) is 42.5 Å². The number of anilines is 1. The van der Waals surface area contributed by atoms with Gasteiger partial charge in [0.25, 0.3) is 5.91 Å². The lowest BCUT2D eigenvalue weighted by molar-refractivity contribution is -0.120. The predicted octanol–water partition coefficient (Wildman–Crippen LogP) is 4.39. The van der Waals surface area contributed by atoms with Gasteiger partial charge in [0.2, 0.25) is 0 Å². The fraction of sp³-hybridized carbons (Fsp3) is 0.391. The van der Waals surface area contributed by atoms with Crippen molar-refractivity contribution < 1.29 is 14.3 Å². The number of aryl methyl sites for hydroxylation is 1. The summed E-state index contributed by atoms with van der Waals surface area (Å²) in [6.45, 7) is 6.85. The van der Waals surface area contributed by atoms with E-state index in [4.69, 9.17) is 21.1 Å². The lowest BCUT2D eigenvalue weighted by Crippen LogP contribution is -2.40. The van der Waals surface area contributed by atoms with E-state index in [0.717, 1.165) is 60.8 Å². The van der Waals surface area contributed by atoms with Crippen LogP contribution < -0.4 is 9.64 Å². The summed E-state index contributed by atoms with van der Waals surface area (Å²) in [6, 6.07) is 13.3. The third-order valence-electron chi connectivity index (χ3n) is 5.28. The molecule has 2 heterocycles. The number of carbonyl (C=O) groups is 1. The second-order valence-corrected chi connectivity index (χ2v) is 8.96. The third kappa shape index (κ3) is 5.74. The predicted molar refractivity (Wildman–Crippen MR) is 126 cm³/mol.